The number of furan rings is 5. The molecule has 0 amide bonds. The Hall–Kier alpha value is -11.8. The van der Waals surface area contributed by atoms with Gasteiger partial charge in [0.1, 0.15) is 55.8 Å². The molecule has 0 saturated heterocycles. The number of hydrogen-bond donors (Lipinski definition) is 0. The van der Waals surface area contributed by atoms with Crippen molar-refractivity contribution in [1.29, 1.82) is 0 Å². The molecular formula is C84H46N2O5. The van der Waals surface area contributed by atoms with Crippen molar-refractivity contribution in [3.05, 3.63) is 276 Å². The largest absolute Gasteiger partial charge is 0.456 e. The van der Waals surface area contributed by atoms with Crippen molar-refractivity contribution >= 4 is 165 Å². The zero-order chi connectivity index (χ0) is 59.1. The van der Waals surface area contributed by atoms with Crippen LogP contribution in [-0.2, 0) is 10.8 Å². The van der Waals surface area contributed by atoms with Gasteiger partial charge in [0.25, 0.3) is 0 Å². The first-order valence-electron chi connectivity index (χ1n) is 31.4. The lowest BCUT2D eigenvalue weighted by atomic mass is 9.70. The second-order valence-electron chi connectivity index (χ2n) is 26.0. The minimum absolute atomic E-state index is 0.462. The fraction of sp³-hybridized carbons (Fsp3) is 0.0476. The molecule has 2 aliphatic carbocycles. The van der Waals surface area contributed by atoms with E-state index in [9.17, 15) is 0 Å². The van der Waals surface area contributed by atoms with Crippen LogP contribution < -0.4 is 9.80 Å². The Bertz CT molecular complexity index is 6650. The van der Waals surface area contributed by atoms with Crippen molar-refractivity contribution in [2.45, 2.75) is 24.7 Å². The van der Waals surface area contributed by atoms with Crippen LogP contribution in [0.5, 0.6) is 0 Å². The fourth-order valence-corrected chi connectivity index (χ4v) is 17.9. The van der Waals surface area contributed by atoms with Crippen molar-refractivity contribution in [3.63, 3.8) is 0 Å². The summed E-state index contributed by atoms with van der Waals surface area (Å²) < 4.78 is 35.1. The molecule has 23 rings (SSSR count). The van der Waals surface area contributed by atoms with E-state index in [1.807, 2.05) is 0 Å². The third-order valence-corrected chi connectivity index (χ3v) is 21.7. The summed E-state index contributed by atoms with van der Waals surface area (Å²) in [7, 11) is 0. The smallest absolute Gasteiger partial charge is 0.141 e. The molecule has 19 aromatic rings. The lowest BCUT2D eigenvalue weighted by Gasteiger charge is -2.42. The number of rotatable bonds is 2. The van der Waals surface area contributed by atoms with E-state index in [1.54, 1.807) is 0 Å². The van der Waals surface area contributed by atoms with Crippen molar-refractivity contribution in [2.24, 2.45) is 0 Å². The van der Waals surface area contributed by atoms with E-state index in [2.05, 4.69) is 266 Å². The lowest BCUT2D eigenvalue weighted by molar-refractivity contribution is 0.634. The SMILES string of the molecule is CC12c3ccccc3-c3cccc(c31)N(c1ccc3c(c1)oc1ccc4ccccc4c13)c1cc3oc4cc5c(cc4c3cc12)oc1cc2c(cc15)oc1c3c(ccc12)N(c1ccc2c(c1)oc1ccc4ccccc4c12)c1cccc2c1C3(C)c1ccccc1-2. The summed E-state index contributed by atoms with van der Waals surface area (Å²) in [6.07, 6.45) is 0. The number of benzene rings is 14. The molecule has 2 unspecified atom stereocenters. The van der Waals surface area contributed by atoms with Gasteiger partial charge in [0.05, 0.1) is 28.2 Å². The van der Waals surface area contributed by atoms with Crippen LogP contribution in [0.15, 0.2) is 265 Å². The van der Waals surface area contributed by atoms with E-state index in [-0.39, 0.29) is 0 Å². The highest BCUT2D eigenvalue weighted by Crippen LogP contribution is 2.66. The minimum Gasteiger partial charge on any atom is -0.456 e. The van der Waals surface area contributed by atoms with Gasteiger partial charge in [-0.15, -0.1) is 0 Å². The van der Waals surface area contributed by atoms with Gasteiger partial charge in [-0.25, -0.2) is 0 Å². The Kier molecular flexibility index (Phi) is 8.26. The normalized spacial score (nSPS) is 16.9. The lowest BCUT2D eigenvalue weighted by Crippen LogP contribution is -2.32. The van der Waals surface area contributed by atoms with Gasteiger partial charge in [-0.3, -0.25) is 0 Å². The Morgan fingerprint density at radius 3 is 1.27 bits per heavy atom. The van der Waals surface area contributed by atoms with Gasteiger partial charge in [-0.2, -0.15) is 0 Å². The third-order valence-electron chi connectivity index (χ3n) is 21.7. The highest BCUT2D eigenvalue weighted by atomic mass is 16.3. The molecule has 7 heterocycles. The Labute approximate surface area is 517 Å². The van der Waals surface area contributed by atoms with E-state index >= 15 is 0 Å². The molecule has 0 spiro atoms. The number of hydrogen-bond acceptors (Lipinski definition) is 7. The summed E-state index contributed by atoms with van der Waals surface area (Å²) >= 11 is 0. The molecule has 2 aliphatic heterocycles. The molecule has 0 fully saturated rings. The molecule has 14 aromatic carbocycles. The van der Waals surface area contributed by atoms with Gasteiger partial charge < -0.3 is 31.9 Å². The van der Waals surface area contributed by atoms with Crippen LogP contribution in [0.2, 0.25) is 0 Å². The Morgan fingerprint density at radius 2 is 0.681 bits per heavy atom. The maximum atomic E-state index is 7.42. The Morgan fingerprint density at radius 1 is 0.253 bits per heavy atom. The van der Waals surface area contributed by atoms with Crippen molar-refractivity contribution in [3.8, 4) is 22.3 Å². The standard InChI is InChI=1S/C84H46N2O5/c1-83-61-21-9-7-17-49(61)51-19-11-23-64(79(51)83)86(46-28-30-55-71(36-46)88-69-34-26-44-14-4-6-16-48(44)78(55)69)67-42-76-56(37-63(67)83)58-39-74-59(40-73(58)90-76)60-41-75-57(38-72(60)89-74)53-31-32-66-81(82(53)91-75)84(2)62-22-10-8-18-50(62)52-20-12-24-65(80(52)84)85(66)45-27-29-54-70(35-45)87-68-33-25-43-13-3-5-15-47(43)77(54)68/h3-42H,1-2H3. The maximum absolute atomic E-state index is 7.42. The van der Waals surface area contributed by atoms with Gasteiger partial charge in [0, 0.05) is 94.4 Å². The molecule has 422 valence electrons. The van der Waals surface area contributed by atoms with Gasteiger partial charge >= 0.3 is 0 Å². The molecule has 0 saturated carbocycles. The Balaban J connectivity index is 0.710. The number of anilines is 6. The average molecular weight is 1160 g/mol. The minimum atomic E-state index is -0.541. The highest BCUT2D eigenvalue weighted by Gasteiger charge is 2.51. The first-order valence-corrected chi connectivity index (χ1v) is 31.4. The monoisotopic (exact) mass is 1160 g/mol. The zero-order valence-electron chi connectivity index (χ0n) is 49.0. The van der Waals surface area contributed by atoms with Gasteiger partial charge in [0.15, 0.2) is 0 Å². The van der Waals surface area contributed by atoms with Gasteiger partial charge in [0.2, 0.25) is 0 Å². The third kappa shape index (κ3) is 5.58. The van der Waals surface area contributed by atoms with E-state index in [1.165, 1.54) is 71.6 Å². The molecule has 0 bridgehead atoms. The summed E-state index contributed by atoms with van der Waals surface area (Å²) in [5.74, 6) is 0. The zero-order valence-corrected chi connectivity index (χ0v) is 49.0. The summed E-state index contributed by atoms with van der Waals surface area (Å²) in [5.41, 5.74) is 26.2. The van der Waals surface area contributed by atoms with E-state index in [0.717, 1.165) is 149 Å². The van der Waals surface area contributed by atoms with E-state index < -0.39 is 10.8 Å². The molecule has 91 heavy (non-hydrogen) atoms. The average Bonchev–Trinajstić information content (AvgIpc) is 1.64. The summed E-state index contributed by atoms with van der Waals surface area (Å²) in [6, 6.07) is 88.4. The predicted molar refractivity (Wildman–Crippen MR) is 369 cm³/mol. The summed E-state index contributed by atoms with van der Waals surface area (Å²) in [6.45, 7) is 4.81. The summed E-state index contributed by atoms with van der Waals surface area (Å²) in [4.78, 5) is 4.86. The maximum Gasteiger partial charge on any atom is 0.141 e. The number of fused-ring (bicyclic) bond motifs is 30. The summed E-state index contributed by atoms with van der Waals surface area (Å²) in [5, 5.41) is 15.3. The van der Waals surface area contributed by atoms with Gasteiger partial charge in [-0.1, -0.05) is 133 Å². The number of nitrogens with zero attached hydrogens (tertiary/aromatic N) is 2. The second kappa shape index (κ2) is 15.9. The van der Waals surface area contributed by atoms with Crippen LogP contribution in [0, 0.1) is 0 Å². The molecule has 0 N–H and O–H groups in total. The quantitative estimate of drug-likeness (QED) is 0.171. The van der Waals surface area contributed by atoms with Crippen LogP contribution >= 0.6 is 0 Å². The first-order chi connectivity index (χ1) is 44.8. The second-order valence-corrected chi connectivity index (χ2v) is 26.0. The van der Waals surface area contributed by atoms with Gasteiger partial charge in [-0.05, 0) is 176 Å². The van der Waals surface area contributed by atoms with Crippen LogP contribution in [0.3, 0.4) is 0 Å². The molecule has 2 atom stereocenters. The van der Waals surface area contributed by atoms with Crippen LogP contribution in [0.4, 0.5) is 34.1 Å². The van der Waals surface area contributed by atoms with E-state index in [4.69, 9.17) is 22.1 Å². The van der Waals surface area contributed by atoms with Crippen molar-refractivity contribution in [2.75, 3.05) is 9.80 Å². The van der Waals surface area contributed by atoms with Crippen LogP contribution in [0.25, 0.3) is 153 Å². The highest BCUT2D eigenvalue weighted by molar-refractivity contribution is 6.23. The molecule has 5 aromatic heterocycles. The molecule has 7 heteroatoms. The topological polar surface area (TPSA) is 72.2 Å². The first kappa shape index (κ1) is 47.3. The molecule has 4 aliphatic rings. The molecular weight excluding hydrogens is 1120 g/mol. The molecule has 7 nitrogen and oxygen atoms in total. The van der Waals surface area contributed by atoms with Crippen molar-refractivity contribution < 1.29 is 22.1 Å². The predicted octanol–water partition coefficient (Wildman–Crippen LogP) is 23.7. The van der Waals surface area contributed by atoms with Crippen LogP contribution in [0.1, 0.15) is 47.2 Å². The van der Waals surface area contributed by atoms with E-state index in [0.29, 0.717) is 0 Å². The molecule has 0 radical (unpaired) electrons. The van der Waals surface area contributed by atoms with Crippen molar-refractivity contribution in [1.82, 2.24) is 0 Å². The fourth-order valence-electron chi connectivity index (χ4n) is 17.9. The van der Waals surface area contributed by atoms with Crippen LogP contribution in [-0.4, -0.2) is 0 Å².